The molecular weight excluding hydrogens is 508 g/mol. The van der Waals surface area contributed by atoms with E-state index in [-0.39, 0.29) is 57.3 Å². The quantitative estimate of drug-likeness (QED) is 0.122. The molecule has 2 N–H and O–H groups in total. The van der Waals surface area contributed by atoms with E-state index in [1.165, 1.54) is 20.8 Å². The van der Waals surface area contributed by atoms with Crippen molar-refractivity contribution in [2.45, 2.75) is 20.8 Å². The Morgan fingerprint density at radius 2 is 1.08 bits per heavy atom. The van der Waals surface area contributed by atoms with Gasteiger partial charge in [-0.05, 0) is 20.8 Å². The van der Waals surface area contributed by atoms with Crippen LogP contribution in [-0.4, -0.2) is 89.3 Å². The molecule has 0 aliphatic carbocycles. The van der Waals surface area contributed by atoms with Crippen molar-refractivity contribution in [3.8, 4) is 0 Å². The third kappa shape index (κ3) is 16.3. The van der Waals surface area contributed by atoms with Gasteiger partial charge in [0.25, 0.3) is 0 Å². The summed E-state index contributed by atoms with van der Waals surface area (Å²) >= 11 is 0. The van der Waals surface area contributed by atoms with Crippen LogP contribution in [0, 0.1) is 5.41 Å². The minimum atomic E-state index is -1.21. The third-order valence-corrected chi connectivity index (χ3v) is 4.13. The molecular formula is C24H34N2O12. The van der Waals surface area contributed by atoms with E-state index in [0.29, 0.717) is 0 Å². The number of methoxy groups -OCH3 is 1. The second kappa shape index (κ2) is 18.0. The summed E-state index contributed by atoms with van der Waals surface area (Å²) in [6.07, 6.45) is -0.0487. The summed E-state index contributed by atoms with van der Waals surface area (Å²) in [4.78, 5) is 69.7. The highest BCUT2D eigenvalue weighted by atomic mass is 16.6. The fourth-order valence-electron chi connectivity index (χ4n) is 2.04. The topological polar surface area (TPSA) is 182 Å². The molecule has 14 heteroatoms. The predicted octanol–water partition coefficient (Wildman–Crippen LogP) is 0.956. The lowest BCUT2D eigenvalue weighted by Gasteiger charge is -2.27. The molecule has 0 aliphatic heterocycles. The molecule has 14 nitrogen and oxygen atoms in total. The van der Waals surface area contributed by atoms with Crippen molar-refractivity contribution in [2.75, 3.05) is 53.2 Å². The Morgan fingerprint density at radius 1 is 0.684 bits per heavy atom. The molecule has 0 spiro atoms. The summed E-state index contributed by atoms with van der Waals surface area (Å²) in [5.41, 5.74) is -0.796. The summed E-state index contributed by atoms with van der Waals surface area (Å²) in [6.45, 7) is 9.91. The number of hydrogen-bond donors (Lipinski definition) is 2. The second-order valence-electron chi connectivity index (χ2n) is 8.11. The van der Waals surface area contributed by atoms with Gasteiger partial charge in [-0.2, -0.15) is 0 Å². The first-order chi connectivity index (χ1) is 17.8. The molecule has 0 bridgehead atoms. The summed E-state index contributed by atoms with van der Waals surface area (Å²) < 4.78 is 29.4. The van der Waals surface area contributed by atoms with Gasteiger partial charge in [0.1, 0.15) is 33.0 Å². The number of hydrogen-bond acceptors (Lipinski definition) is 12. The van der Waals surface area contributed by atoms with E-state index >= 15 is 0 Å². The number of rotatable bonds is 16. The van der Waals surface area contributed by atoms with Crippen LogP contribution in [0.5, 0.6) is 0 Å². The number of nitrogens with one attached hydrogen (secondary N) is 2. The molecule has 0 saturated carbocycles. The first-order valence-corrected chi connectivity index (χ1v) is 11.2. The molecule has 0 fully saturated rings. The molecule has 0 aliphatic rings. The number of alkyl carbamates (subject to hydrolysis) is 2. The number of esters is 4. The van der Waals surface area contributed by atoms with Gasteiger partial charge in [0, 0.05) is 23.3 Å². The molecule has 212 valence electrons. The average molecular weight is 543 g/mol. The number of carbonyl (C=O) groups excluding carboxylic acids is 6. The molecule has 38 heavy (non-hydrogen) atoms. The number of amides is 2. The van der Waals surface area contributed by atoms with E-state index in [1.807, 2.05) is 0 Å². The van der Waals surface area contributed by atoms with Gasteiger partial charge in [-0.15, -0.1) is 0 Å². The molecule has 0 aromatic carbocycles. The smallest absolute Gasteiger partial charge is 0.407 e. The predicted molar refractivity (Wildman–Crippen MR) is 130 cm³/mol. The van der Waals surface area contributed by atoms with Crippen molar-refractivity contribution in [1.82, 2.24) is 10.6 Å². The Balaban J connectivity index is 4.86. The lowest BCUT2D eigenvalue weighted by atomic mass is 9.94. The molecule has 0 heterocycles. The Bertz CT molecular complexity index is 875. The normalized spacial score (nSPS) is 10.5. The van der Waals surface area contributed by atoms with E-state index in [9.17, 15) is 28.8 Å². The van der Waals surface area contributed by atoms with Crippen molar-refractivity contribution >= 4 is 36.1 Å². The van der Waals surface area contributed by atoms with Crippen LogP contribution in [0.25, 0.3) is 0 Å². The Morgan fingerprint density at radius 3 is 1.47 bits per heavy atom. The minimum Gasteiger partial charge on any atom is -0.466 e. The Labute approximate surface area is 220 Å². The van der Waals surface area contributed by atoms with Crippen LogP contribution < -0.4 is 10.6 Å². The van der Waals surface area contributed by atoms with Crippen LogP contribution in [0.4, 0.5) is 9.59 Å². The molecule has 0 radical (unpaired) electrons. The molecule has 0 aromatic rings. The number of ether oxygens (including phenoxy) is 6. The maximum atomic E-state index is 12.0. The Hall–Kier alpha value is -4.36. The maximum absolute atomic E-state index is 12.0. The zero-order valence-electron chi connectivity index (χ0n) is 21.9. The fraction of sp³-hybridized carbons (Fsp3) is 0.500. The zero-order valence-corrected chi connectivity index (χ0v) is 21.9. The van der Waals surface area contributed by atoms with E-state index in [0.717, 1.165) is 19.3 Å². The van der Waals surface area contributed by atoms with Gasteiger partial charge in [0.05, 0.1) is 25.6 Å². The van der Waals surface area contributed by atoms with Gasteiger partial charge in [-0.1, -0.05) is 13.2 Å². The number of carbonyl (C=O) groups is 6. The van der Waals surface area contributed by atoms with Crippen molar-refractivity contribution in [1.29, 1.82) is 0 Å². The van der Waals surface area contributed by atoms with Crippen LogP contribution in [0.15, 0.2) is 36.5 Å². The summed E-state index contributed by atoms with van der Waals surface area (Å²) in [6, 6.07) is 0. The highest BCUT2D eigenvalue weighted by Gasteiger charge is 2.31. The Kier molecular flexibility index (Phi) is 15.9. The first-order valence-electron chi connectivity index (χ1n) is 11.2. The van der Waals surface area contributed by atoms with Crippen molar-refractivity contribution < 1.29 is 57.2 Å². The van der Waals surface area contributed by atoms with Crippen LogP contribution in [-0.2, 0) is 47.6 Å². The summed E-state index contributed by atoms with van der Waals surface area (Å²) in [5, 5.41) is 4.73. The average Bonchev–Trinajstić information content (AvgIpc) is 2.88. The SMILES string of the molecule is C=C(C)C(=O)OCCNC(=O)OCC(C)(COC(=O)/C=C\C(=O)OC)COC(=O)NCCOC(=O)C(=C)C. The third-order valence-electron chi connectivity index (χ3n) is 4.13. The molecule has 0 aromatic heterocycles. The largest absolute Gasteiger partial charge is 0.466 e. The summed E-state index contributed by atoms with van der Waals surface area (Å²) in [7, 11) is 1.13. The minimum absolute atomic E-state index is 0.0449. The first kappa shape index (κ1) is 33.6. The van der Waals surface area contributed by atoms with Crippen molar-refractivity contribution in [3.05, 3.63) is 36.5 Å². The fourth-order valence-corrected chi connectivity index (χ4v) is 2.04. The monoisotopic (exact) mass is 542 g/mol. The molecule has 0 saturated heterocycles. The van der Waals surface area contributed by atoms with E-state index in [2.05, 4.69) is 28.5 Å². The van der Waals surface area contributed by atoms with Crippen LogP contribution in [0.1, 0.15) is 20.8 Å². The van der Waals surface area contributed by atoms with E-state index in [4.69, 9.17) is 23.7 Å². The van der Waals surface area contributed by atoms with Crippen LogP contribution in [0.3, 0.4) is 0 Å². The lowest BCUT2D eigenvalue weighted by Crippen LogP contribution is -2.40. The van der Waals surface area contributed by atoms with Crippen molar-refractivity contribution in [3.63, 3.8) is 0 Å². The van der Waals surface area contributed by atoms with Gasteiger partial charge in [-0.25, -0.2) is 28.8 Å². The highest BCUT2D eigenvalue weighted by Crippen LogP contribution is 2.19. The van der Waals surface area contributed by atoms with Gasteiger partial charge in [0.15, 0.2) is 0 Å². The van der Waals surface area contributed by atoms with E-state index < -0.39 is 41.5 Å². The van der Waals surface area contributed by atoms with Gasteiger partial charge in [-0.3, -0.25) is 0 Å². The van der Waals surface area contributed by atoms with E-state index in [1.54, 1.807) is 0 Å². The second-order valence-corrected chi connectivity index (χ2v) is 8.11. The highest BCUT2D eigenvalue weighted by molar-refractivity contribution is 5.91. The molecule has 0 unspecified atom stereocenters. The van der Waals surface area contributed by atoms with Gasteiger partial charge in [0.2, 0.25) is 0 Å². The zero-order chi connectivity index (χ0) is 29.1. The van der Waals surface area contributed by atoms with Crippen molar-refractivity contribution in [2.24, 2.45) is 5.41 Å². The van der Waals surface area contributed by atoms with Gasteiger partial charge < -0.3 is 39.1 Å². The van der Waals surface area contributed by atoms with Crippen LogP contribution >= 0.6 is 0 Å². The standard InChI is InChI=1S/C24H34N2O12/c1-16(2)20(29)34-11-9-25-22(31)37-14-24(5,13-36-19(28)8-7-18(27)33-6)15-38-23(32)26-10-12-35-21(30)17(3)4/h7-8H,1,3,9-15H2,2,4-6H3,(H,25,31)(H,26,32)/b8-7-. The maximum Gasteiger partial charge on any atom is 0.407 e. The summed E-state index contributed by atoms with van der Waals surface area (Å²) in [5.74, 6) is -2.89. The molecule has 2 amide bonds. The lowest BCUT2D eigenvalue weighted by molar-refractivity contribution is -0.144. The molecule has 0 atom stereocenters. The van der Waals surface area contributed by atoms with Crippen LogP contribution in [0.2, 0.25) is 0 Å². The van der Waals surface area contributed by atoms with Gasteiger partial charge >= 0.3 is 36.1 Å². The molecule has 0 rings (SSSR count).